The van der Waals surface area contributed by atoms with Gasteiger partial charge in [-0.2, -0.15) is 0 Å². The molecule has 2 fully saturated rings. The monoisotopic (exact) mass is 600 g/mol. The minimum Gasteiger partial charge on any atom is -0.428 e. The molecule has 2 N–H and O–H groups in total. The standard InChI is InChI=1S/C27H40N2O11S/c1-13(2)23(32)37-12-40-26(35)28-10-16-17(8-9-36-16)41-21-14(3)19-18(15(4)30)22(31)29(19)20(21)24(33)38-11-39-25(34)27(5,6)7/h13-19,30H,8-12H2,1-7H3,(H,28,35)/t14-,15-,16-,17-,18-,19?/m1/s1. The smallest absolute Gasteiger partial charge is 0.410 e. The van der Waals surface area contributed by atoms with Gasteiger partial charge >= 0.3 is 24.0 Å². The van der Waals surface area contributed by atoms with Crippen molar-refractivity contribution in [3.63, 3.8) is 0 Å². The molecule has 0 saturated carbocycles. The van der Waals surface area contributed by atoms with Gasteiger partial charge in [-0.25, -0.2) is 9.59 Å². The van der Waals surface area contributed by atoms with E-state index in [-0.39, 0.29) is 35.2 Å². The van der Waals surface area contributed by atoms with Crippen molar-refractivity contribution in [2.75, 3.05) is 26.7 Å². The van der Waals surface area contributed by atoms with Crippen LogP contribution >= 0.6 is 11.8 Å². The van der Waals surface area contributed by atoms with Gasteiger partial charge in [0.05, 0.1) is 35.5 Å². The van der Waals surface area contributed by atoms with E-state index in [2.05, 4.69) is 5.32 Å². The first-order valence-electron chi connectivity index (χ1n) is 13.6. The van der Waals surface area contributed by atoms with Gasteiger partial charge in [0, 0.05) is 29.2 Å². The number of ether oxygens (including phenoxy) is 5. The number of nitrogens with zero attached hydrogens (tertiary/aromatic N) is 1. The van der Waals surface area contributed by atoms with E-state index in [1.165, 1.54) is 23.6 Å². The minimum atomic E-state index is -0.904. The molecule has 0 aromatic heterocycles. The third-order valence-corrected chi connectivity index (χ3v) is 8.69. The lowest BCUT2D eigenvalue weighted by Crippen LogP contribution is -2.63. The van der Waals surface area contributed by atoms with Crippen molar-refractivity contribution in [3.05, 3.63) is 10.6 Å². The number of carbonyl (C=O) groups excluding carboxylic acids is 5. The fourth-order valence-electron chi connectivity index (χ4n) is 4.75. The molecule has 2 amide bonds. The number of carbonyl (C=O) groups is 5. The Balaban J connectivity index is 1.68. The van der Waals surface area contributed by atoms with E-state index in [1.54, 1.807) is 34.6 Å². The van der Waals surface area contributed by atoms with Gasteiger partial charge in [-0.1, -0.05) is 20.8 Å². The number of aliphatic hydroxyl groups is 1. The van der Waals surface area contributed by atoms with Gasteiger partial charge in [0.15, 0.2) is 0 Å². The third kappa shape index (κ3) is 7.52. The summed E-state index contributed by atoms with van der Waals surface area (Å²) in [5, 5.41) is 12.6. The van der Waals surface area contributed by atoms with Gasteiger partial charge in [-0.3, -0.25) is 14.4 Å². The molecule has 1 unspecified atom stereocenters. The number of fused-ring (bicyclic) bond motifs is 1. The van der Waals surface area contributed by atoms with Gasteiger partial charge in [0.2, 0.25) is 19.5 Å². The number of thioether (sulfide) groups is 1. The van der Waals surface area contributed by atoms with E-state index in [0.717, 1.165) is 0 Å². The SMILES string of the molecule is CC(C)C(=O)OCOC(=O)NC[C@H]1OCC[C@H]1SC1=C(C(=O)OCOC(=O)C(C)(C)C)N2C(=O)[C@H]([C@@H](C)O)C2[C@H]1C. The zero-order valence-electron chi connectivity index (χ0n) is 24.5. The molecular weight excluding hydrogens is 560 g/mol. The summed E-state index contributed by atoms with van der Waals surface area (Å²) in [4.78, 5) is 63.8. The average Bonchev–Trinajstić information content (AvgIpc) is 3.42. The molecule has 0 bridgehead atoms. The van der Waals surface area contributed by atoms with Crippen LogP contribution in [-0.2, 0) is 42.9 Å². The number of rotatable bonds is 11. The minimum absolute atomic E-state index is 0.0613. The summed E-state index contributed by atoms with van der Waals surface area (Å²) in [6.07, 6.45) is -1.51. The summed E-state index contributed by atoms with van der Waals surface area (Å²) < 4.78 is 25.9. The Kier molecular flexibility index (Phi) is 10.7. The third-order valence-electron chi connectivity index (χ3n) is 7.03. The predicted octanol–water partition coefficient (Wildman–Crippen LogP) is 1.92. The molecule has 3 rings (SSSR count). The van der Waals surface area contributed by atoms with Crippen molar-refractivity contribution in [2.24, 2.45) is 23.2 Å². The number of hydrogen-bond donors (Lipinski definition) is 2. The van der Waals surface area contributed by atoms with Gasteiger partial charge in [-0.15, -0.1) is 11.8 Å². The zero-order chi connectivity index (χ0) is 30.6. The Morgan fingerprint density at radius 1 is 1.10 bits per heavy atom. The average molecular weight is 601 g/mol. The number of esters is 3. The van der Waals surface area contributed by atoms with Gasteiger partial charge in [0.25, 0.3) is 0 Å². The molecule has 3 aliphatic heterocycles. The van der Waals surface area contributed by atoms with Crippen molar-refractivity contribution in [1.82, 2.24) is 10.2 Å². The Bertz CT molecular complexity index is 1070. The van der Waals surface area contributed by atoms with Crippen molar-refractivity contribution < 1.29 is 52.8 Å². The van der Waals surface area contributed by atoms with Crippen LogP contribution in [0.4, 0.5) is 4.79 Å². The Labute approximate surface area is 243 Å². The van der Waals surface area contributed by atoms with Crippen molar-refractivity contribution >= 4 is 41.7 Å². The van der Waals surface area contributed by atoms with E-state index in [4.69, 9.17) is 23.7 Å². The molecule has 3 heterocycles. The van der Waals surface area contributed by atoms with Crippen molar-refractivity contribution in [1.29, 1.82) is 0 Å². The summed E-state index contributed by atoms with van der Waals surface area (Å²) in [5.41, 5.74) is -0.722. The van der Waals surface area contributed by atoms with Gasteiger partial charge in [-0.05, 0) is 34.1 Å². The van der Waals surface area contributed by atoms with Crippen LogP contribution < -0.4 is 5.32 Å². The van der Waals surface area contributed by atoms with Crippen LogP contribution in [0.5, 0.6) is 0 Å². The highest BCUT2D eigenvalue weighted by Gasteiger charge is 2.60. The first kappa shape index (κ1) is 32.7. The molecule has 230 valence electrons. The number of nitrogens with one attached hydrogen (secondary N) is 1. The molecule has 13 nitrogen and oxygen atoms in total. The Morgan fingerprint density at radius 3 is 2.37 bits per heavy atom. The first-order chi connectivity index (χ1) is 19.1. The maximum atomic E-state index is 13.2. The lowest BCUT2D eigenvalue weighted by Gasteiger charge is -2.46. The van der Waals surface area contributed by atoms with E-state index < -0.39 is 67.2 Å². The summed E-state index contributed by atoms with van der Waals surface area (Å²) in [6.45, 7) is 11.1. The molecule has 14 heteroatoms. The van der Waals surface area contributed by atoms with E-state index in [1.807, 2.05) is 6.92 Å². The molecule has 0 spiro atoms. The molecule has 0 radical (unpaired) electrons. The first-order valence-corrected chi connectivity index (χ1v) is 14.5. The van der Waals surface area contributed by atoms with Crippen LogP contribution in [0.15, 0.2) is 10.6 Å². The summed E-state index contributed by atoms with van der Waals surface area (Å²) in [6, 6.07) is -0.424. The second-order valence-corrected chi connectivity index (χ2v) is 12.9. The topological polar surface area (TPSA) is 167 Å². The van der Waals surface area contributed by atoms with Crippen LogP contribution in [0.25, 0.3) is 0 Å². The quantitative estimate of drug-likeness (QED) is 0.201. The summed E-state index contributed by atoms with van der Waals surface area (Å²) >= 11 is 1.36. The second-order valence-electron chi connectivity index (χ2n) is 11.6. The lowest BCUT2D eigenvalue weighted by molar-refractivity contribution is -0.175. The van der Waals surface area contributed by atoms with Crippen LogP contribution in [-0.4, -0.2) is 90.2 Å². The van der Waals surface area contributed by atoms with Crippen LogP contribution in [0.1, 0.15) is 54.9 Å². The molecular formula is C27H40N2O11S. The highest BCUT2D eigenvalue weighted by molar-refractivity contribution is 8.03. The van der Waals surface area contributed by atoms with E-state index in [0.29, 0.717) is 17.9 Å². The fourth-order valence-corrected chi connectivity index (χ4v) is 6.26. The summed E-state index contributed by atoms with van der Waals surface area (Å²) in [7, 11) is 0. The van der Waals surface area contributed by atoms with E-state index in [9.17, 15) is 29.1 Å². The van der Waals surface area contributed by atoms with Gasteiger partial charge < -0.3 is 39.0 Å². The lowest BCUT2D eigenvalue weighted by atomic mass is 9.79. The normalized spacial score (nSPS) is 26.3. The predicted molar refractivity (Wildman–Crippen MR) is 145 cm³/mol. The number of hydrogen-bond acceptors (Lipinski definition) is 12. The number of amides is 2. The molecule has 0 aromatic rings. The maximum Gasteiger partial charge on any atom is 0.410 e. The fraction of sp³-hybridized carbons (Fsp3) is 0.741. The van der Waals surface area contributed by atoms with Gasteiger partial charge in [0.1, 0.15) is 5.70 Å². The van der Waals surface area contributed by atoms with Crippen molar-refractivity contribution in [2.45, 2.75) is 78.4 Å². The Hall–Kier alpha value is -2.84. The zero-order valence-corrected chi connectivity index (χ0v) is 25.3. The molecule has 2 saturated heterocycles. The van der Waals surface area contributed by atoms with Crippen LogP contribution in [0, 0.1) is 23.2 Å². The summed E-state index contributed by atoms with van der Waals surface area (Å²) in [5.74, 6) is -3.53. The molecule has 6 atom stereocenters. The van der Waals surface area contributed by atoms with Crippen LogP contribution in [0.3, 0.4) is 0 Å². The second kappa shape index (κ2) is 13.4. The number of β-lactam (4-membered cyclic amide) rings is 1. The Morgan fingerprint density at radius 2 is 1.76 bits per heavy atom. The molecule has 3 aliphatic rings. The van der Waals surface area contributed by atoms with Crippen molar-refractivity contribution in [3.8, 4) is 0 Å². The molecule has 0 aromatic carbocycles. The number of aliphatic hydroxyl groups excluding tert-OH is 1. The van der Waals surface area contributed by atoms with E-state index >= 15 is 0 Å². The highest BCUT2D eigenvalue weighted by atomic mass is 32.2. The molecule has 0 aliphatic carbocycles. The largest absolute Gasteiger partial charge is 0.428 e. The maximum absolute atomic E-state index is 13.2. The highest BCUT2D eigenvalue weighted by Crippen LogP contribution is 2.52. The molecule has 41 heavy (non-hydrogen) atoms. The number of alkyl carbamates (subject to hydrolysis) is 1. The van der Waals surface area contributed by atoms with Crippen LogP contribution in [0.2, 0.25) is 0 Å².